The second-order valence-corrected chi connectivity index (χ2v) is 7.33. The van der Waals surface area contributed by atoms with Crippen molar-refractivity contribution in [3.05, 3.63) is 61.8 Å². The molecule has 0 amide bonds. The van der Waals surface area contributed by atoms with Gasteiger partial charge in [-0.2, -0.15) is 0 Å². The molecule has 23 heavy (non-hydrogen) atoms. The Morgan fingerprint density at radius 3 is 2.83 bits per heavy atom. The summed E-state index contributed by atoms with van der Waals surface area (Å²) in [5.41, 5.74) is 3.81. The number of carbonyl (C=O) groups is 1. The first-order valence-corrected chi connectivity index (χ1v) is 8.78. The van der Waals surface area contributed by atoms with E-state index in [0.717, 1.165) is 36.7 Å². The van der Waals surface area contributed by atoms with Gasteiger partial charge in [0.1, 0.15) is 5.76 Å². The van der Waals surface area contributed by atoms with E-state index < -0.39 is 0 Å². The third kappa shape index (κ3) is 3.12. The van der Waals surface area contributed by atoms with Gasteiger partial charge in [-0.15, -0.1) is 11.3 Å². The fourth-order valence-corrected chi connectivity index (χ4v) is 4.18. The zero-order valence-electron chi connectivity index (χ0n) is 12.8. The number of esters is 1. The quantitative estimate of drug-likeness (QED) is 0.548. The minimum atomic E-state index is -0.341. The Hall–Kier alpha value is -1.85. The van der Waals surface area contributed by atoms with Gasteiger partial charge in [0.25, 0.3) is 0 Å². The van der Waals surface area contributed by atoms with E-state index in [9.17, 15) is 4.79 Å². The van der Waals surface area contributed by atoms with Crippen molar-refractivity contribution in [1.82, 2.24) is 0 Å². The van der Waals surface area contributed by atoms with E-state index in [-0.39, 0.29) is 5.97 Å². The van der Waals surface area contributed by atoms with Crippen molar-refractivity contribution in [1.29, 1.82) is 0 Å². The van der Waals surface area contributed by atoms with Crippen LogP contribution in [-0.2, 0) is 14.3 Å². The highest BCUT2D eigenvalue weighted by Gasteiger charge is 2.23. The van der Waals surface area contributed by atoms with Crippen molar-refractivity contribution in [3.63, 3.8) is 0 Å². The number of carbonyl (C=O) groups excluding carboxylic acids is 1. The molecule has 0 saturated heterocycles. The third-order valence-corrected chi connectivity index (χ3v) is 5.17. The lowest BCUT2D eigenvalue weighted by Gasteiger charge is -2.09. The number of benzene rings is 1. The number of hydrogen-bond acceptors (Lipinski definition) is 4. The van der Waals surface area contributed by atoms with Gasteiger partial charge in [0.05, 0.1) is 22.4 Å². The molecule has 3 nitrogen and oxygen atoms in total. The van der Waals surface area contributed by atoms with Gasteiger partial charge in [-0.25, -0.2) is 4.79 Å². The van der Waals surface area contributed by atoms with E-state index >= 15 is 0 Å². The summed E-state index contributed by atoms with van der Waals surface area (Å²) in [5, 5.41) is 0. The van der Waals surface area contributed by atoms with Crippen LogP contribution in [0.1, 0.15) is 28.5 Å². The molecular weight excluding hydrogens is 376 g/mol. The zero-order chi connectivity index (χ0) is 16.4. The van der Waals surface area contributed by atoms with Gasteiger partial charge in [-0.3, -0.25) is 0 Å². The second-order valence-electron chi connectivity index (χ2n) is 4.90. The smallest absolute Gasteiger partial charge is 0.331 e. The van der Waals surface area contributed by atoms with Crippen molar-refractivity contribution in [2.75, 3.05) is 13.7 Å². The van der Waals surface area contributed by atoms with Crippen molar-refractivity contribution in [2.45, 2.75) is 6.92 Å². The first kappa shape index (κ1) is 16.0. The molecule has 0 atom stereocenters. The van der Waals surface area contributed by atoms with E-state index in [2.05, 4.69) is 15.9 Å². The summed E-state index contributed by atoms with van der Waals surface area (Å²) in [5.74, 6) is 0.446. The van der Waals surface area contributed by atoms with Gasteiger partial charge < -0.3 is 9.47 Å². The molecule has 118 valence electrons. The summed E-state index contributed by atoms with van der Waals surface area (Å²) in [6.07, 6.45) is 3.57. The lowest BCUT2D eigenvalue weighted by Crippen LogP contribution is -2.02. The van der Waals surface area contributed by atoms with Crippen LogP contribution in [0.3, 0.4) is 0 Å². The Labute approximate surface area is 147 Å². The van der Waals surface area contributed by atoms with Crippen LogP contribution >= 0.6 is 27.3 Å². The lowest BCUT2D eigenvalue weighted by atomic mass is 9.96. The highest BCUT2D eigenvalue weighted by atomic mass is 79.9. The van der Waals surface area contributed by atoms with Crippen LogP contribution in [0.4, 0.5) is 0 Å². The number of methoxy groups -OCH3 is 1. The largest absolute Gasteiger partial charge is 0.495 e. The van der Waals surface area contributed by atoms with Gasteiger partial charge >= 0.3 is 5.97 Å². The summed E-state index contributed by atoms with van der Waals surface area (Å²) in [7, 11) is 1.66. The van der Waals surface area contributed by atoms with Crippen LogP contribution in [0.15, 0.2) is 40.2 Å². The Morgan fingerprint density at radius 1 is 1.30 bits per heavy atom. The minimum Gasteiger partial charge on any atom is -0.495 e. The molecule has 1 aliphatic rings. The molecule has 0 aliphatic heterocycles. The Kier molecular flexibility index (Phi) is 4.68. The Bertz CT molecular complexity index is 817. The van der Waals surface area contributed by atoms with Crippen LogP contribution in [0.25, 0.3) is 17.4 Å². The molecule has 0 radical (unpaired) electrons. The van der Waals surface area contributed by atoms with E-state index in [1.54, 1.807) is 31.4 Å². The molecule has 0 saturated carbocycles. The number of rotatable bonds is 3. The van der Waals surface area contributed by atoms with Crippen LogP contribution in [-0.4, -0.2) is 19.7 Å². The lowest BCUT2D eigenvalue weighted by molar-refractivity contribution is -0.137. The van der Waals surface area contributed by atoms with Crippen LogP contribution in [0.5, 0.6) is 0 Å². The first-order chi connectivity index (χ1) is 11.1. The van der Waals surface area contributed by atoms with Crippen molar-refractivity contribution in [3.8, 4) is 0 Å². The van der Waals surface area contributed by atoms with Crippen LogP contribution in [0.2, 0.25) is 0 Å². The van der Waals surface area contributed by atoms with Gasteiger partial charge in [0, 0.05) is 11.6 Å². The van der Waals surface area contributed by atoms with Crippen LogP contribution in [0, 0.1) is 0 Å². The molecule has 0 N–H and O–H groups in total. The van der Waals surface area contributed by atoms with Crippen LogP contribution < -0.4 is 0 Å². The highest BCUT2D eigenvalue weighted by molar-refractivity contribution is 9.11. The maximum Gasteiger partial charge on any atom is 0.331 e. The monoisotopic (exact) mass is 390 g/mol. The van der Waals surface area contributed by atoms with Gasteiger partial charge in [0.15, 0.2) is 0 Å². The molecule has 1 aromatic heterocycles. The highest BCUT2D eigenvalue weighted by Crippen LogP contribution is 2.43. The maximum absolute atomic E-state index is 12.0. The summed E-state index contributed by atoms with van der Waals surface area (Å²) < 4.78 is 11.7. The Balaban J connectivity index is 2.27. The second kappa shape index (κ2) is 6.72. The number of hydrogen-bond donors (Lipinski definition) is 0. The third-order valence-electron chi connectivity index (χ3n) is 3.52. The maximum atomic E-state index is 12.0. The molecule has 0 unspecified atom stereocenters. The number of ether oxygens (including phenoxy) is 2. The number of halogens is 1. The SMILES string of the molecule is CCOC(=O)C=C1c2ccccc2C=C(OC)c2sc(Br)cc21. The summed E-state index contributed by atoms with van der Waals surface area (Å²) in [6, 6.07) is 9.97. The normalized spacial score (nSPS) is 14.6. The first-order valence-electron chi connectivity index (χ1n) is 7.17. The Morgan fingerprint density at radius 2 is 2.09 bits per heavy atom. The number of thiophene rings is 1. The standard InChI is InChI=1S/C18H15BrO3S/c1-3-22-17(20)10-13-12-7-5-4-6-11(12)8-15(21-2)18-14(13)9-16(19)23-18/h4-10H,3H2,1-2H3. The molecule has 0 spiro atoms. The zero-order valence-corrected chi connectivity index (χ0v) is 15.2. The molecule has 3 rings (SSSR count). The molecule has 0 fully saturated rings. The molecule has 5 heteroatoms. The van der Waals surface area contributed by atoms with Gasteiger partial charge in [-0.1, -0.05) is 24.3 Å². The molecule has 1 aromatic carbocycles. The van der Waals surface area contributed by atoms with E-state index in [4.69, 9.17) is 9.47 Å². The van der Waals surface area contributed by atoms with Crippen molar-refractivity contribution in [2.24, 2.45) is 0 Å². The van der Waals surface area contributed by atoms with E-state index in [1.807, 2.05) is 36.4 Å². The van der Waals surface area contributed by atoms with Gasteiger partial charge in [-0.05, 0) is 51.7 Å². The molecule has 0 bridgehead atoms. The topological polar surface area (TPSA) is 35.5 Å². The predicted molar refractivity (Wildman–Crippen MR) is 97.1 cm³/mol. The summed E-state index contributed by atoms with van der Waals surface area (Å²) in [4.78, 5) is 13.0. The fraction of sp³-hybridized carbons (Fsp3) is 0.167. The van der Waals surface area contributed by atoms with Crippen molar-refractivity contribution >= 4 is 50.6 Å². The molecule has 1 heterocycles. The average Bonchev–Trinajstić information content (AvgIpc) is 2.87. The molecule has 1 aliphatic carbocycles. The number of fused-ring (bicyclic) bond motifs is 2. The van der Waals surface area contributed by atoms with E-state index in [0.29, 0.717) is 6.61 Å². The summed E-state index contributed by atoms with van der Waals surface area (Å²) in [6.45, 7) is 2.15. The van der Waals surface area contributed by atoms with Gasteiger partial charge in [0.2, 0.25) is 0 Å². The molecule has 2 aromatic rings. The van der Waals surface area contributed by atoms with Crippen molar-refractivity contribution < 1.29 is 14.3 Å². The van der Waals surface area contributed by atoms with E-state index in [1.165, 1.54) is 0 Å². The average molecular weight is 391 g/mol. The predicted octanol–water partition coefficient (Wildman–Crippen LogP) is 4.96. The fourth-order valence-electron chi connectivity index (χ4n) is 2.57. The minimum absolute atomic E-state index is 0.341. The molecular formula is C18H15BrO3S. The summed E-state index contributed by atoms with van der Waals surface area (Å²) >= 11 is 5.11.